The van der Waals surface area contributed by atoms with Crippen molar-refractivity contribution in [3.63, 3.8) is 0 Å². The molecule has 0 radical (unpaired) electrons. The molecule has 0 aromatic heterocycles. The Hall–Kier alpha value is -6.26. The molecule has 2 saturated carbocycles. The van der Waals surface area contributed by atoms with Gasteiger partial charge in [0.25, 0.3) is 5.91 Å². The Kier molecular flexibility index (Phi) is 24.3. The van der Waals surface area contributed by atoms with Gasteiger partial charge in [-0.25, -0.2) is 24.0 Å². The van der Waals surface area contributed by atoms with Gasteiger partial charge < -0.3 is 93.8 Å². The zero-order valence-corrected chi connectivity index (χ0v) is 52.8. The van der Waals surface area contributed by atoms with E-state index in [2.05, 4.69) is 31.9 Å². The maximum Gasteiger partial charge on any atom is 0.408 e. The smallest absolute Gasteiger partial charge is 0.408 e. The molecule has 2 aliphatic heterocycles. The van der Waals surface area contributed by atoms with Crippen LogP contribution in [0.2, 0.25) is 0 Å². The van der Waals surface area contributed by atoms with Gasteiger partial charge in [0, 0.05) is 38.9 Å². The van der Waals surface area contributed by atoms with Gasteiger partial charge in [-0.2, -0.15) is 0 Å². The second-order valence-corrected chi connectivity index (χ2v) is 26.9. The predicted molar refractivity (Wildman–Crippen MR) is 306 cm³/mol. The van der Waals surface area contributed by atoms with Gasteiger partial charge in [-0.05, 0) is 135 Å². The lowest BCUT2D eigenvalue weighted by atomic mass is 9.81. The Bertz CT molecular complexity index is 2470. The van der Waals surface area contributed by atoms with E-state index in [-0.39, 0.29) is 51.3 Å². The quantitative estimate of drug-likeness (QED) is 0.0695. The highest BCUT2D eigenvalue weighted by Crippen LogP contribution is 2.39. The zero-order chi connectivity index (χ0) is 64.3. The fraction of sp³-hybridized carbons (Fsp3) is 0.763. The third-order valence-electron chi connectivity index (χ3n) is 13.2. The minimum atomic E-state index is -1.93. The van der Waals surface area contributed by atoms with Crippen molar-refractivity contribution in [2.45, 2.75) is 263 Å². The summed E-state index contributed by atoms with van der Waals surface area (Å²) in [7, 11) is 0. The highest BCUT2D eigenvalue weighted by atomic mass is 16.8. The minimum Gasteiger partial charge on any atom is -0.455 e. The van der Waals surface area contributed by atoms with E-state index in [4.69, 9.17) is 56.8 Å². The van der Waals surface area contributed by atoms with Gasteiger partial charge in [0.15, 0.2) is 24.8 Å². The molecular formula is C59H94N6O21. The van der Waals surface area contributed by atoms with Crippen LogP contribution in [0.3, 0.4) is 0 Å². The number of ether oxygens (including phenoxy) is 12. The second kappa shape index (κ2) is 29.6. The van der Waals surface area contributed by atoms with E-state index in [1.807, 2.05) is 6.07 Å². The monoisotopic (exact) mass is 1220 g/mol. The van der Waals surface area contributed by atoms with Crippen molar-refractivity contribution < 1.29 is 100 Å². The molecule has 1 aromatic carbocycles. The Morgan fingerprint density at radius 2 is 1.09 bits per heavy atom. The first-order valence-electron chi connectivity index (χ1n) is 29.2. The molecule has 7 unspecified atom stereocenters. The molecule has 2 saturated heterocycles. The molecule has 4 aliphatic rings. The summed E-state index contributed by atoms with van der Waals surface area (Å²) in [4.78, 5) is 108. The number of carbonyl (C=O) groups is 8. The van der Waals surface area contributed by atoms with Crippen molar-refractivity contribution in [3.8, 4) is 0 Å². The molecule has 27 heteroatoms. The first kappa shape index (κ1) is 70.5. The molecule has 15 atom stereocenters. The average Bonchev–Trinajstić information content (AvgIpc) is 0.820. The van der Waals surface area contributed by atoms with Crippen LogP contribution < -0.4 is 31.9 Å². The fourth-order valence-electron chi connectivity index (χ4n) is 10.1. The van der Waals surface area contributed by atoms with Crippen LogP contribution >= 0.6 is 0 Å². The van der Waals surface area contributed by atoms with Crippen molar-refractivity contribution in [1.82, 2.24) is 31.9 Å². The van der Waals surface area contributed by atoms with Crippen LogP contribution in [0, 0.1) is 5.92 Å². The molecule has 0 spiro atoms. The second-order valence-electron chi connectivity index (χ2n) is 26.9. The highest BCUT2D eigenvalue weighted by molar-refractivity contribution is 5.84. The molecule has 5 rings (SSSR count). The third kappa shape index (κ3) is 23.4. The van der Waals surface area contributed by atoms with E-state index < -0.39 is 162 Å². The standard InChI is InChI=1S/C59H94N6O21/c1-31(66)76-38(25-26-60-50(70)82-55(3,4)5)47(69)62-36-28-37(64-53(73)85-58(12,13)14)43(78-39-27-33(29-61-51(71)83-56(6,7)8)23-24-35(39)63-52(72)84-57(9,10)11)42(68)44(36)80-49-46(77-32(2)67)41(65-54(74)86-59(15,16)17)45-40(79-49)30-75-48(81-45)34-21-19-18-20-22-34/h18-22,33,35-46,48-49,68H,23-30H2,1-17H3,(H,60,70)(H,61,71)(H,62,69)(H,63,72)(H,64,73)(H,65,74)/t33?,35?,36-,37-,38+,39+,40?,41+,42?,43?,44+,45-,46?,48?,49-/m1/s1. The van der Waals surface area contributed by atoms with E-state index in [0.29, 0.717) is 12.0 Å². The Morgan fingerprint density at radius 1 is 0.581 bits per heavy atom. The third-order valence-corrected chi connectivity index (χ3v) is 13.2. The summed E-state index contributed by atoms with van der Waals surface area (Å²) >= 11 is 0. The SMILES string of the molecule is CC(=O)OC1[C@@H](O[C@@H]2C(O)C(O[C@H]3CC(CNC(=O)OC(C)(C)C)CCC3NC(=O)OC(C)(C)C)[C@H](NC(=O)OC(C)(C)C)C[C@H]2NC(=O)[C@H](CCNC(=O)OC(C)(C)C)OC(C)=O)OC2COC(c3ccccc3)O[C@H]2[C@@H]1NC(=O)OC(C)(C)C. The van der Waals surface area contributed by atoms with E-state index >= 15 is 0 Å². The van der Waals surface area contributed by atoms with E-state index in [9.17, 15) is 43.5 Å². The first-order valence-corrected chi connectivity index (χ1v) is 29.2. The first-order chi connectivity index (χ1) is 39.7. The lowest BCUT2D eigenvalue weighted by Gasteiger charge is -2.51. The minimum absolute atomic E-state index is 0.119. The van der Waals surface area contributed by atoms with Gasteiger partial charge in [-0.3, -0.25) is 14.4 Å². The summed E-state index contributed by atoms with van der Waals surface area (Å²) in [5, 5.41) is 29.9. The largest absolute Gasteiger partial charge is 0.455 e. The van der Waals surface area contributed by atoms with Gasteiger partial charge >= 0.3 is 42.4 Å². The predicted octanol–water partition coefficient (Wildman–Crippen LogP) is 6.00. The maximum atomic E-state index is 14.7. The summed E-state index contributed by atoms with van der Waals surface area (Å²) in [6, 6.07) is 4.10. The van der Waals surface area contributed by atoms with Crippen LogP contribution in [0.5, 0.6) is 0 Å². The number of alkyl carbamates (subject to hydrolysis) is 5. The molecule has 7 N–H and O–H groups in total. The van der Waals surface area contributed by atoms with Crippen LogP contribution in [0.4, 0.5) is 24.0 Å². The number of hydrogen-bond acceptors (Lipinski definition) is 21. The van der Waals surface area contributed by atoms with Crippen molar-refractivity contribution in [2.75, 3.05) is 19.7 Å². The summed E-state index contributed by atoms with van der Waals surface area (Å²) in [5.41, 5.74) is -4.00. The van der Waals surface area contributed by atoms with Crippen molar-refractivity contribution in [3.05, 3.63) is 35.9 Å². The zero-order valence-electron chi connectivity index (χ0n) is 52.8. The molecule has 1 aromatic rings. The van der Waals surface area contributed by atoms with E-state index in [0.717, 1.165) is 13.8 Å². The van der Waals surface area contributed by atoms with Crippen LogP contribution in [-0.4, -0.2) is 180 Å². The number of rotatable bonds is 17. The number of hydrogen-bond donors (Lipinski definition) is 7. The summed E-state index contributed by atoms with van der Waals surface area (Å²) in [6.45, 7) is 27.1. The molecule has 2 aliphatic carbocycles. The lowest BCUT2D eigenvalue weighted by Crippen LogP contribution is -2.71. The van der Waals surface area contributed by atoms with Crippen molar-refractivity contribution >= 4 is 48.3 Å². The normalized spacial score (nSPS) is 28.3. The number of aliphatic hydroxyl groups excluding tert-OH is 1. The number of aliphatic hydroxyl groups is 1. The molecule has 0 bridgehead atoms. The van der Waals surface area contributed by atoms with Crippen LogP contribution in [0.1, 0.15) is 162 Å². The summed E-state index contributed by atoms with van der Waals surface area (Å²) in [6.07, 6.45) is -18.2. The molecular weight excluding hydrogens is 1130 g/mol. The van der Waals surface area contributed by atoms with Gasteiger partial charge in [0.2, 0.25) is 0 Å². The highest BCUT2D eigenvalue weighted by Gasteiger charge is 2.57. The van der Waals surface area contributed by atoms with Crippen molar-refractivity contribution in [1.29, 1.82) is 0 Å². The maximum absolute atomic E-state index is 14.7. The molecule has 27 nitrogen and oxygen atoms in total. The number of nitrogens with one attached hydrogen (secondary N) is 6. The molecule has 6 amide bonds. The molecule has 486 valence electrons. The topological polar surface area (TPSA) is 340 Å². The van der Waals surface area contributed by atoms with Crippen LogP contribution in [0.25, 0.3) is 0 Å². The van der Waals surface area contributed by atoms with Gasteiger partial charge in [0.1, 0.15) is 64.6 Å². The fourth-order valence-corrected chi connectivity index (χ4v) is 10.1. The van der Waals surface area contributed by atoms with Crippen molar-refractivity contribution in [2.24, 2.45) is 5.92 Å². The summed E-state index contributed by atoms with van der Waals surface area (Å²) < 4.78 is 72.6. The number of benzene rings is 1. The number of esters is 2. The average molecular weight is 1220 g/mol. The molecule has 2 heterocycles. The van der Waals surface area contributed by atoms with Gasteiger partial charge in [-0.1, -0.05) is 30.3 Å². The summed E-state index contributed by atoms with van der Waals surface area (Å²) in [5.74, 6) is -2.95. The molecule has 86 heavy (non-hydrogen) atoms. The lowest BCUT2D eigenvalue weighted by molar-refractivity contribution is -0.357. The Labute approximate surface area is 503 Å². The number of fused-ring (bicyclic) bond motifs is 1. The van der Waals surface area contributed by atoms with Crippen LogP contribution in [-0.2, 0) is 71.2 Å². The Balaban J connectivity index is 1.64. The van der Waals surface area contributed by atoms with Crippen LogP contribution in [0.15, 0.2) is 30.3 Å². The number of carbonyl (C=O) groups excluding carboxylic acids is 8. The Morgan fingerprint density at radius 3 is 1.64 bits per heavy atom. The molecule has 4 fully saturated rings. The van der Waals surface area contributed by atoms with E-state index in [1.165, 1.54) is 0 Å². The van der Waals surface area contributed by atoms with Gasteiger partial charge in [0.05, 0.1) is 30.8 Å². The number of amides is 6. The van der Waals surface area contributed by atoms with E-state index in [1.54, 1.807) is 128 Å². The van der Waals surface area contributed by atoms with Gasteiger partial charge in [-0.15, -0.1) is 0 Å².